The summed E-state index contributed by atoms with van der Waals surface area (Å²) >= 11 is 3.79. The van der Waals surface area contributed by atoms with Crippen LogP contribution in [0.2, 0.25) is 0 Å². The van der Waals surface area contributed by atoms with Crippen LogP contribution < -0.4 is 17.2 Å². The van der Waals surface area contributed by atoms with Gasteiger partial charge in [0.15, 0.2) is 5.69 Å². The fourth-order valence-electron chi connectivity index (χ4n) is 2.17. The minimum atomic E-state index is -5.41. The van der Waals surface area contributed by atoms with E-state index in [2.05, 4.69) is 0 Å². The third-order valence-electron chi connectivity index (χ3n) is 4.61. The van der Waals surface area contributed by atoms with Crippen LogP contribution in [0.1, 0.15) is 19.3 Å². The van der Waals surface area contributed by atoms with E-state index in [1.165, 1.54) is 41.0 Å². The molecule has 0 fully saturated rings. The predicted molar refractivity (Wildman–Crippen MR) is 136 cm³/mol. The molecule has 0 saturated carbocycles. The first kappa shape index (κ1) is 33.5. The monoisotopic (exact) mass is 573 g/mol. The van der Waals surface area contributed by atoms with Crippen LogP contribution in [-0.2, 0) is 27.7 Å². The topological polar surface area (TPSA) is 252 Å². The Morgan fingerprint density at radius 3 is 1.08 bits per heavy atom. The molecule has 0 saturated heterocycles. The van der Waals surface area contributed by atoms with Gasteiger partial charge in [0.2, 0.25) is 16.6 Å². The molecule has 0 heterocycles. The summed E-state index contributed by atoms with van der Waals surface area (Å²) in [5.41, 5.74) is 12.0. The molecule has 0 bridgehead atoms. The smallest absolute Gasteiger partial charge is 0.442 e. The van der Waals surface area contributed by atoms with Crippen LogP contribution in [-0.4, -0.2) is 79.4 Å². The summed E-state index contributed by atoms with van der Waals surface area (Å²) in [6.45, 7) is 0. The van der Waals surface area contributed by atoms with Gasteiger partial charge in [-0.2, -0.15) is 56.3 Å². The minimum absolute atomic E-state index is 0.221. The molecular weight excluding hydrogens is 547 g/mol. The standard InChI is InChI=1S/C19H27N7O6S3Si/c1-33-7-4-17(24,10-20)14(27)30-36(13-23,31-15(28)18(25,11-21)5-8-34-2)32-16(29)19(26,12-22)6-9-35-3/h4-9,24-26H2,1-3H3. The Balaban J connectivity index is 6.47. The van der Waals surface area contributed by atoms with Gasteiger partial charge in [0, 0.05) is 0 Å². The van der Waals surface area contributed by atoms with Crippen molar-refractivity contribution in [3.05, 3.63) is 0 Å². The van der Waals surface area contributed by atoms with Crippen LogP contribution >= 0.6 is 35.3 Å². The zero-order valence-corrected chi connectivity index (χ0v) is 23.4. The number of carbonyl (C=O) groups is 3. The molecular formula is C19H27N7O6S3Si. The van der Waals surface area contributed by atoms with Crippen molar-refractivity contribution in [3.8, 4) is 23.9 Å². The Kier molecular flexibility index (Phi) is 13.9. The van der Waals surface area contributed by atoms with Gasteiger partial charge in [-0.25, -0.2) is 14.4 Å². The molecule has 3 atom stereocenters. The Morgan fingerprint density at radius 1 is 0.667 bits per heavy atom. The molecule has 13 nitrogen and oxygen atoms in total. The number of nitriles is 4. The Hall–Kier alpha value is -2.48. The lowest BCUT2D eigenvalue weighted by atomic mass is 10.0. The number of hydrogen-bond acceptors (Lipinski definition) is 16. The van der Waals surface area contributed by atoms with Crippen molar-refractivity contribution in [3.63, 3.8) is 0 Å². The van der Waals surface area contributed by atoms with Gasteiger partial charge in [-0.15, -0.1) is 0 Å². The Labute approximate surface area is 223 Å². The highest BCUT2D eigenvalue weighted by atomic mass is 32.2. The number of rotatable bonds is 15. The van der Waals surface area contributed by atoms with Crippen LogP contribution in [0.15, 0.2) is 0 Å². The van der Waals surface area contributed by atoms with Gasteiger partial charge in [-0.05, 0) is 55.3 Å². The summed E-state index contributed by atoms with van der Waals surface area (Å²) in [5.74, 6) is -3.82. The Morgan fingerprint density at radius 2 is 0.917 bits per heavy atom. The predicted octanol–water partition coefficient (Wildman–Crippen LogP) is -0.460. The number of nitrogens with two attached hydrogens (primary N) is 3. The second kappa shape index (κ2) is 14.9. The van der Waals surface area contributed by atoms with E-state index in [0.29, 0.717) is 0 Å². The highest BCUT2D eigenvalue weighted by Gasteiger charge is 2.61. The van der Waals surface area contributed by atoms with Gasteiger partial charge >= 0.3 is 26.7 Å². The summed E-state index contributed by atoms with van der Waals surface area (Å²) in [7, 11) is -5.41. The molecule has 0 aliphatic heterocycles. The van der Waals surface area contributed by atoms with Gasteiger partial charge < -0.3 is 30.5 Å². The second-order valence-electron chi connectivity index (χ2n) is 7.31. The summed E-state index contributed by atoms with van der Waals surface area (Å²) < 4.78 is 15.1. The molecule has 3 unspecified atom stereocenters. The van der Waals surface area contributed by atoms with Crippen LogP contribution in [0.5, 0.6) is 0 Å². The summed E-state index contributed by atoms with van der Waals surface area (Å²) in [6.07, 6.45) is 4.41. The molecule has 0 aromatic carbocycles. The van der Waals surface area contributed by atoms with E-state index in [9.17, 15) is 35.4 Å². The first-order chi connectivity index (χ1) is 16.8. The zero-order chi connectivity index (χ0) is 28.0. The van der Waals surface area contributed by atoms with Crippen LogP contribution in [0.25, 0.3) is 0 Å². The summed E-state index contributed by atoms with van der Waals surface area (Å²) in [4.78, 5) is 38.5. The molecule has 0 aliphatic carbocycles. The first-order valence-corrected chi connectivity index (χ1v) is 15.9. The lowest BCUT2D eigenvalue weighted by Crippen LogP contribution is -2.62. The van der Waals surface area contributed by atoms with Gasteiger partial charge in [0.1, 0.15) is 0 Å². The Bertz CT molecular complexity index is 882. The third kappa shape index (κ3) is 8.87. The fourth-order valence-corrected chi connectivity index (χ4v) is 5.29. The fraction of sp³-hybridized carbons (Fsp3) is 0.632. The maximum Gasteiger partial charge on any atom is 0.827 e. The molecule has 0 spiro atoms. The maximum absolute atomic E-state index is 12.8. The molecule has 36 heavy (non-hydrogen) atoms. The van der Waals surface area contributed by atoms with Crippen LogP contribution in [0, 0.1) is 44.9 Å². The van der Waals surface area contributed by atoms with E-state index in [1.54, 1.807) is 37.0 Å². The van der Waals surface area contributed by atoms with E-state index < -0.39 is 43.3 Å². The van der Waals surface area contributed by atoms with Crippen molar-refractivity contribution in [2.75, 3.05) is 36.0 Å². The quantitative estimate of drug-likeness (QED) is 0.209. The normalized spacial score (nSPS) is 17.1. The molecule has 0 rings (SSSR count). The largest absolute Gasteiger partial charge is 0.827 e. The zero-order valence-electron chi connectivity index (χ0n) is 19.9. The van der Waals surface area contributed by atoms with Crippen molar-refractivity contribution < 1.29 is 27.7 Å². The van der Waals surface area contributed by atoms with Gasteiger partial charge in [0.05, 0.1) is 18.2 Å². The molecule has 0 aliphatic rings. The lowest BCUT2D eigenvalue weighted by Gasteiger charge is -2.30. The number of thioether (sulfide) groups is 3. The van der Waals surface area contributed by atoms with Gasteiger partial charge in [-0.3, -0.25) is 0 Å². The number of carbonyl (C=O) groups excluding carboxylic acids is 3. The van der Waals surface area contributed by atoms with Crippen molar-refractivity contribution >= 4 is 62.0 Å². The average Bonchev–Trinajstić information content (AvgIpc) is 2.88. The number of nitrogens with zero attached hydrogens (tertiary/aromatic N) is 4. The van der Waals surface area contributed by atoms with Crippen LogP contribution in [0.4, 0.5) is 0 Å². The first-order valence-electron chi connectivity index (χ1n) is 10.00. The lowest BCUT2D eigenvalue weighted by molar-refractivity contribution is -0.154. The van der Waals surface area contributed by atoms with Crippen molar-refractivity contribution in [1.29, 1.82) is 21.0 Å². The molecule has 0 aromatic rings. The molecule has 17 heteroatoms. The average molecular weight is 574 g/mol. The molecule has 0 aromatic heterocycles. The maximum atomic E-state index is 12.8. The van der Waals surface area contributed by atoms with Gasteiger partial charge in [-0.1, -0.05) is 0 Å². The van der Waals surface area contributed by atoms with Gasteiger partial charge in [0.25, 0.3) is 0 Å². The highest BCUT2D eigenvalue weighted by Crippen LogP contribution is 2.23. The van der Waals surface area contributed by atoms with Crippen molar-refractivity contribution in [1.82, 2.24) is 0 Å². The second-order valence-corrected chi connectivity index (χ2v) is 12.2. The molecule has 0 radical (unpaired) electrons. The van der Waals surface area contributed by atoms with E-state index in [4.69, 9.17) is 30.5 Å². The van der Waals surface area contributed by atoms with Crippen molar-refractivity contribution in [2.45, 2.75) is 35.9 Å². The van der Waals surface area contributed by atoms with E-state index >= 15 is 0 Å². The van der Waals surface area contributed by atoms with Crippen molar-refractivity contribution in [2.24, 2.45) is 17.2 Å². The number of hydrogen-bond donors (Lipinski definition) is 3. The highest BCUT2D eigenvalue weighted by molar-refractivity contribution is 7.98. The van der Waals surface area contributed by atoms with E-state index in [-0.39, 0.29) is 36.5 Å². The third-order valence-corrected chi connectivity index (χ3v) is 8.08. The SMILES string of the molecule is CSCCC(N)(C#N)C(=O)O[Si](C#N)(OC(=O)C(N)(C#N)CCSC)OC(=O)C(N)(C#N)CCSC. The van der Waals surface area contributed by atoms with E-state index in [1.807, 2.05) is 0 Å². The molecule has 0 amide bonds. The molecule has 6 N–H and O–H groups in total. The minimum Gasteiger partial charge on any atom is -0.442 e. The molecule has 196 valence electrons. The summed E-state index contributed by atoms with van der Waals surface area (Å²) in [6, 6.07) is 4.70. The van der Waals surface area contributed by atoms with Crippen LogP contribution in [0.3, 0.4) is 0 Å². The summed E-state index contributed by atoms with van der Waals surface area (Å²) in [5, 5.41) is 38.2. The van der Waals surface area contributed by atoms with E-state index in [0.717, 1.165) is 0 Å².